The Labute approximate surface area is 373 Å². The number of thiophene rings is 1. The molecule has 13 aromatic rings. The Morgan fingerprint density at radius 1 is 0.328 bits per heavy atom. The molecule has 0 bridgehead atoms. The first-order valence-corrected chi connectivity index (χ1v) is 22.5. The summed E-state index contributed by atoms with van der Waals surface area (Å²) >= 11 is 1.83. The van der Waals surface area contributed by atoms with Gasteiger partial charge in [0, 0.05) is 53.3 Å². The van der Waals surface area contributed by atoms with Crippen LogP contribution in [-0.4, -0.2) is 0 Å². The topological polar surface area (TPSA) is 29.5 Å². The Balaban J connectivity index is 1.18. The zero-order valence-corrected chi connectivity index (χ0v) is 35.4. The van der Waals surface area contributed by atoms with Crippen molar-refractivity contribution in [2.24, 2.45) is 0 Å². The lowest BCUT2D eigenvalue weighted by atomic mass is 9.95. The highest BCUT2D eigenvalue weighted by atomic mass is 32.1. The van der Waals surface area contributed by atoms with Crippen molar-refractivity contribution in [3.8, 4) is 44.5 Å². The number of anilines is 3. The van der Waals surface area contributed by atoms with Crippen LogP contribution in [0.25, 0.3) is 109 Å². The minimum Gasteiger partial charge on any atom is -0.455 e. The molecule has 3 nitrogen and oxygen atoms in total. The van der Waals surface area contributed by atoms with E-state index in [1.807, 2.05) is 11.3 Å². The van der Waals surface area contributed by atoms with Gasteiger partial charge < -0.3 is 13.7 Å². The zero-order valence-electron chi connectivity index (χ0n) is 34.5. The Hall–Kier alpha value is -8.18. The van der Waals surface area contributed by atoms with Crippen LogP contribution < -0.4 is 4.90 Å². The molecular formula is C60H37NO2S. The van der Waals surface area contributed by atoms with Gasteiger partial charge in [-0.25, -0.2) is 0 Å². The number of hydrogen-bond acceptors (Lipinski definition) is 4. The fourth-order valence-corrected chi connectivity index (χ4v) is 10.9. The molecule has 4 heteroatoms. The third kappa shape index (κ3) is 5.81. The van der Waals surface area contributed by atoms with Crippen LogP contribution in [0.3, 0.4) is 0 Å². The summed E-state index contributed by atoms with van der Waals surface area (Å²) in [6, 6.07) is 80.2. The molecule has 0 saturated carbocycles. The predicted octanol–water partition coefficient (Wildman–Crippen LogP) is 18.0. The molecule has 0 radical (unpaired) electrons. The lowest BCUT2D eigenvalue weighted by molar-refractivity contribution is 0.670. The first kappa shape index (κ1) is 36.5. The van der Waals surface area contributed by atoms with Crippen molar-refractivity contribution in [2.75, 3.05) is 4.90 Å². The van der Waals surface area contributed by atoms with Crippen LogP contribution in [0.15, 0.2) is 233 Å². The van der Waals surface area contributed by atoms with Crippen molar-refractivity contribution in [1.82, 2.24) is 0 Å². The van der Waals surface area contributed by atoms with Gasteiger partial charge in [0.05, 0.1) is 22.1 Å². The fourth-order valence-electron chi connectivity index (χ4n) is 9.75. The van der Waals surface area contributed by atoms with E-state index in [9.17, 15) is 0 Å². The summed E-state index contributed by atoms with van der Waals surface area (Å²) in [5.74, 6) is 0. The van der Waals surface area contributed by atoms with Crippen molar-refractivity contribution in [1.29, 1.82) is 0 Å². The maximum absolute atomic E-state index is 7.15. The molecule has 3 heterocycles. The predicted molar refractivity (Wildman–Crippen MR) is 270 cm³/mol. The van der Waals surface area contributed by atoms with Gasteiger partial charge in [-0.1, -0.05) is 170 Å². The van der Waals surface area contributed by atoms with Crippen LogP contribution in [0, 0.1) is 0 Å². The average Bonchev–Trinajstić information content (AvgIpc) is 4.06. The number of para-hydroxylation sites is 1. The summed E-state index contributed by atoms with van der Waals surface area (Å²) in [5, 5.41) is 6.71. The van der Waals surface area contributed by atoms with Crippen molar-refractivity contribution < 1.29 is 8.83 Å². The summed E-state index contributed by atoms with van der Waals surface area (Å²) in [6.07, 6.45) is 0. The molecule has 64 heavy (non-hydrogen) atoms. The molecule has 0 unspecified atom stereocenters. The van der Waals surface area contributed by atoms with E-state index in [0.29, 0.717) is 0 Å². The molecule has 300 valence electrons. The van der Waals surface area contributed by atoms with Crippen LogP contribution >= 0.6 is 11.3 Å². The van der Waals surface area contributed by atoms with Gasteiger partial charge in [0.25, 0.3) is 0 Å². The van der Waals surface area contributed by atoms with Crippen molar-refractivity contribution >= 4 is 92.4 Å². The number of furan rings is 2. The Bertz CT molecular complexity index is 3890. The van der Waals surface area contributed by atoms with Gasteiger partial charge in [0.15, 0.2) is 0 Å². The second kappa shape index (κ2) is 14.7. The monoisotopic (exact) mass is 835 g/mol. The molecule has 0 fully saturated rings. The fraction of sp³-hybridized carbons (Fsp3) is 0. The number of hydrogen-bond donors (Lipinski definition) is 0. The third-order valence-electron chi connectivity index (χ3n) is 12.7. The summed E-state index contributed by atoms with van der Waals surface area (Å²) in [5.41, 5.74) is 15.2. The Morgan fingerprint density at radius 3 is 1.64 bits per heavy atom. The van der Waals surface area contributed by atoms with Crippen molar-refractivity contribution in [3.63, 3.8) is 0 Å². The van der Waals surface area contributed by atoms with Gasteiger partial charge in [-0.05, 0) is 82.4 Å². The van der Waals surface area contributed by atoms with Gasteiger partial charge in [-0.2, -0.15) is 0 Å². The van der Waals surface area contributed by atoms with Crippen molar-refractivity contribution in [3.05, 3.63) is 224 Å². The molecule has 13 rings (SSSR count). The maximum atomic E-state index is 7.15. The van der Waals surface area contributed by atoms with E-state index in [0.717, 1.165) is 105 Å². The Kier molecular flexibility index (Phi) is 8.40. The zero-order chi connectivity index (χ0) is 42.1. The van der Waals surface area contributed by atoms with E-state index >= 15 is 0 Å². The minimum atomic E-state index is 0.822. The van der Waals surface area contributed by atoms with Gasteiger partial charge >= 0.3 is 0 Å². The second-order valence-electron chi connectivity index (χ2n) is 16.3. The molecule has 0 aliphatic rings. The molecule has 10 aromatic carbocycles. The molecule has 3 aromatic heterocycles. The first-order chi connectivity index (χ1) is 31.7. The van der Waals surface area contributed by atoms with Gasteiger partial charge in [-0.15, -0.1) is 11.3 Å². The largest absolute Gasteiger partial charge is 0.455 e. The number of fused-ring (bicyclic) bond motifs is 9. The van der Waals surface area contributed by atoms with E-state index in [1.54, 1.807) is 0 Å². The van der Waals surface area contributed by atoms with E-state index in [1.165, 1.54) is 20.2 Å². The van der Waals surface area contributed by atoms with Gasteiger partial charge in [0.1, 0.15) is 22.3 Å². The highest BCUT2D eigenvalue weighted by Gasteiger charge is 2.29. The summed E-state index contributed by atoms with van der Waals surface area (Å²) in [6.45, 7) is 0. The molecule has 0 amide bonds. The van der Waals surface area contributed by atoms with E-state index in [2.05, 4.69) is 229 Å². The third-order valence-corrected chi connectivity index (χ3v) is 13.8. The Morgan fingerprint density at radius 2 is 0.906 bits per heavy atom. The molecule has 0 saturated heterocycles. The first-order valence-electron chi connectivity index (χ1n) is 21.7. The van der Waals surface area contributed by atoms with Crippen LogP contribution in [-0.2, 0) is 0 Å². The van der Waals surface area contributed by atoms with Gasteiger partial charge in [0.2, 0.25) is 0 Å². The van der Waals surface area contributed by atoms with Gasteiger partial charge in [-0.3, -0.25) is 0 Å². The normalized spacial score (nSPS) is 11.8. The van der Waals surface area contributed by atoms with Crippen LogP contribution in [0.4, 0.5) is 17.1 Å². The number of nitrogens with zero attached hydrogens (tertiary/aromatic N) is 1. The SMILES string of the molecule is c1ccc(-c2ccc3c(c2)oc2c(-c4ccccc4)ccc(N(c4ccc5c(c4)sc4ccccc45)c4c(-c5ccccc5)ccc5oc6c(-c7ccccc7)cccc6c45)c23)cc1. The van der Waals surface area contributed by atoms with Crippen LogP contribution in [0.5, 0.6) is 0 Å². The van der Waals surface area contributed by atoms with E-state index < -0.39 is 0 Å². The van der Waals surface area contributed by atoms with Crippen LogP contribution in [0.2, 0.25) is 0 Å². The molecule has 0 N–H and O–H groups in total. The second-order valence-corrected chi connectivity index (χ2v) is 17.4. The summed E-state index contributed by atoms with van der Waals surface area (Å²) < 4.78 is 16.7. The standard InChI is InChI=1S/C60H37NO2S/c1-5-16-38(17-6-1)42-28-30-49-53(36-42)63-60-46(41-22-11-4-12-23-41)32-34-51(56(49)60)61(43-29-31-48-47-24-13-14-27-54(47)64-55(48)37-43)58-44(39-18-7-2-8-19-39)33-35-52-57(58)50-26-15-25-45(59(50)62-52)40-20-9-3-10-21-40/h1-37H. The average molecular weight is 836 g/mol. The number of rotatable bonds is 7. The molecule has 0 aliphatic heterocycles. The maximum Gasteiger partial charge on any atom is 0.145 e. The van der Waals surface area contributed by atoms with E-state index in [-0.39, 0.29) is 0 Å². The number of benzene rings is 10. The summed E-state index contributed by atoms with van der Waals surface area (Å²) in [7, 11) is 0. The minimum absolute atomic E-state index is 0.822. The highest BCUT2D eigenvalue weighted by molar-refractivity contribution is 7.25. The lowest BCUT2D eigenvalue weighted by Crippen LogP contribution is -2.12. The summed E-state index contributed by atoms with van der Waals surface area (Å²) in [4.78, 5) is 2.48. The van der Waals surface area contributed by atoms with E-state index in [4.69, 9.17) is 8.83 Å². The van der Waals surface area contributed by atoms with Crippen molar-refractivity contribution in [2.45, 2.75) is 0 Å². The smallest absolute Gasteiger partial charge is 0.145 e. The molecular weight excluding hydrogens is 799 g/mol. The molecule has 0 aliphatic carbocycles. The molecule has 0 atom stereocenters. The highest BCUT2D eigenvalue weighted by Crippen LogP contribution is 2.53. The van der Waals surface area contributed by atoms with Crippen LogP contribution in [0.1, 0.15) is 0 Å². The molecule has 0 spiro atoms. The lowest BCUT2D eigenvalue weighted by Gasteiger charge is -2.29. The quantitative estimate of drug-likeness (QED) is 0.160.